The number of benzene rings is 2. The highest BCUT2D eigenvalue weighted by Crippen LogP contribution is 2.53. The fraction of sp³-hybridized carbons (Fsp3) is 0.391. The molecule has 0 radical (unpaired) electrons. The average molecular weight is 380 g/mol. The van der Waals surface area contributed by atoms with Crippen LogP contribution in [0.1, 0.15) is 34.8 Å². The molecule has 2 amide bonds. The van der Waals surface area contributed by atoms with Gasteiger partial charge in [0.15, 0.2) is 0 Å². The molecule has 3 N–H and O–H groups in total. The van der Waals surface area contributed by atoms with Crippen LogP contribution in [0.5, 0.6) is 0 Å². The topological polar surface area (TPSA) is 75.4 Å². The number of primary amides is 1. The van der Waals surface area contributed by atoms with E-state index in [9.17, 15) is 9.59 Å². The summed E-state index contributed by atoms with van der Waals surface area (Å²) in [6.07, 6.45) is 1.68. The minimum Gasteiger partial charge on any atom is -0.366 e. The van der Waals surface area contributed by atoms with Gasteiger partial charge in [0.1, 0.15) is 0 Å². The van der Waals surface area contributed by atoms with Gasteiger partial charge in [-0.05, 0) is 50.2 Å². The van der Waals surface area contributed by atoms with Crippen molar-refractivity contribution in [3.05, 3.63) is 71.3 Å². The summed E-state index contributed by atoms with van der Waals surface area (Å²) >= 11 is 0. The van der Waals surface area contributed by atoms with E-state index in [2.05, 4.69) is 29.3 Å². The van der Waals surface area contributed by atoms with Crippen LogP contribution in [0.3, 0.4) is 0 Å². The van der Waals surface area contributed by atoms with E-state index in [0.717, 1.165) is 18.4 Å². The second-order valence-electron chi connectivity index (χ2n) is 8.17. The Morgan fingerprint density at radius 3 is 2.36 bits per heavy atom. The molecule has 1 aliphatic rings. The molecule has 0 heterocycles. The molecule has 0 bridgehead atoms. The highest BCUT2D eigenvalue weighted by atomic mass is 16.2. The molecule has 2 unspecified atom stereocenters. The van der Waals surface area contributed by atoms with Crippen molar-refractivity contribution < 1.29 is 9.59 Å². The lowest BCUT2D eigenvalue weighted by Gasteiger charge is -2.25. The fourth-order valence-electron chi connectivity index (χ4n) is 3.74. The Bertz CT molecular complexity index is 833. The van der Waals surface area contributed by atoms with Gasteiger partial charge in [0, 0.05) is 29.5 Å². The summed E-state index contributed by atoms with van der Waals surface area (Å²) in [5.74, 6) is -0.260. The zero-order chi connectivity index (χ0) is 20.3. The van der Waals surface area contributed by atoms with E-state index in [-0.39, 0.29) is 23.3 Å². The summed E-state index contributed by atoms with van der Waals surface area (Å²) in [6, 6.07) is 17.8. The lowest BCUT2D eigenvalue weighted by Crippen LogP contribution is -2.42. The van der Waals surface area contributed by atoms with E-state index in [1.165, 1.54) is 5.56 Å². The van der Waals surface area contributed by atoms with E-state index in [1.807, 2.05) is 44.4 Å². The van der Waals surface area contributed by atoms with Gasteiger partial charge in [0.05, 0.1) is 0 Å². The van der Waals surface area contributed by atoms with Crippen LogP contribution in [0.4, 0.5) is 0 Å². The van der Waals surface area contributed by atoms with Crippen molar-refractivity contribution in [3.8, 4) is 0 Å². The molecule has 148 valence electrons. The van der Waals surface area contributed by atoms with Gasteiger partial charge in [-0.15, -0.1) is 0 Å². The maximum atomic E-state index is 12.7. The first kappa shape index (κ1) is 20.1. The van der Waals surface area contributed by atoms with Crippen LogP contribution in [0.25, 0.3) is 0 Å². The van der Waals surface area contributed by atoms with Gasteiger partial charge in [-0.2, -0.15) is 0 Å². The van der Waals surface area contributed by atoms with Crippen molar-refractivity contribution in [3.63, 3.8) is 0 Å². The van der Waals surface area contributed by atoms with E-state index < -0.39 is 5.91 Å². The van der Waals surface area contributed by atoms with Crippen LogP contribution in [0, 0.1) is 5.92 Å². The number of likely N-dealkylation sites (N-methyl/N-ethyl adjacent to an activating group) is 1. The molecule has 0 aliphatic heterocycles. The van der Waals surface area contributed by atoms with Crippen LogP contribution in [0.15, 0.2) is 54.6 Å². The molecule has 1 saturated carbocycles. The smallest absolute Gasteiger partial charge is 0.248 e. The first-order valence-corrected chi connectivity index (χ1v) is 9.69. The van der Waals surface area contributed by atoms with Crippen molar-refractivity contribution >= 4 is 11.8 Å². The van der Waals surface area contributed by atoms with Crippen molar-refractivity contribution in [2.75, 3.05) is 20.6 Å². The molecular weight excluding hydrogens is 350 g/mol. The van der Waals surface area contributed by atoms with Gasteiger partial charge in [-0.1, -0.05) is 49.4 Å². The first-order valence-electron chi connectivity index (χ1n) is 9.69. The van der Waals surface area contributed by atoms with Crippen LogP contribution in [-0.4, -0.2) is 43.4 Å². The molecule has 0 spiro atoms. The number of hydrogen-bond acceptors (Lipinski definition) is 3. The summed E-state index contributed by atoms with van der Waals surface area (Å²) in [7, 11) is 4.03. The molecule has 0 aromatic heterocycles. The Balaban J connectivity index is 1.57. The number of rotatable bonds is 8. The SMILES string of the molecule is CN(C)[C@H](CNC(=O)C1CC1(C)c1ccccc1)Cc1ccc(C(N)=O)cc1. The van der Waals surface area contributed by atoms with E-state index >= 15 is 0 Å². The third kappa shape index (κ3) is 4.42. The number of carbonyl (C=O) groups is 2. The van der Waals surface area contributed by atoms with Crippen LogP contribution in [0.2, 0.25) is 0 Å². The number of nitrogens with two attached hydrogens (primary N) is 1. The molecule has 0 saturated heterocycles. The van der Waals surface area contributed by atoms with Crippen molar-refractivity contribution in [1.82, 2.24) is 10.2 Å². The van der Waals surface area contributed by atoms with E-state index in [4.69, 9.17) is 5.73 Å². The van der Waals surface area contributed by atoms with Crippen molar-refractivity contribution in [2.45, 2.75) is 31.2 Å². The number of carbonyl (C=O) groups excluding carboxylic acids is 2. The van der Waals surface area contributed by atoms with E-state index in [1.54, 1.807) is 12.1 Å². The Hall–Kier alpha value is -2.66. The first-order chi connectivity index (χ1) is 13.3. The molecule has 3 rings (SSSR count). The second-order valence-corrected chi connectivity index (χ2v) is 8.17. The molecule has 3 atom stereocenters. The molecule has 1 fully saturated rings. The predicted octanol–water partition coefficient (Wildman–Crippen LogP) is 2.35. The molecular formula is C23H29N3O2. The van der Waals surface area contributed by atoms with Gasteiger partial charge < -0.3 is 16.0 Å². The minimum atomic E-state index is -0.422. The zero-order valence-corrected chi connectivity index (χ0v) is 16.8. The van der Waals surface area contributed by atoms with Gasteiger partial charge >= 0.3 is 0 Å². The molecule has 2 aromatic carbocycles. The van der Waals surface area contributed by atoms with Crippen molar-refractivity contribution in [1.29, 1.82) is 0 Å². The number of hydrogen-bond donors (Lipinski definition) is 2. The monoisotopic (exact) mass is 379 g/mol. The maximum absolute atomic E-state index is 12.7. The van der Waals surface area contributed by atoms with Crippen molar-refractivity contribution in [2.24, 2.45) is 11.7 Å². The lowest BCUT2D eigenvalue weighted by atomic mass is 9.95. The standard InChI is InChI=1S/C23H29N3O2/c1-23(18-7-5-4-6-8-18)14-20(23)22(28)25-15-19(26(2)3)13-16-9-11-17(12-10-16)21(24)27/h4-12,19-20H,13-15H2,1-3H3,(H2,24,27)(H,25,28)/t19-,20?,23?/m0/s1. The summed E-state index contributed by atoms with van der Waals surface area (Å²) < 4.78 is 0. The van der Waals surface area contributed by atoms with Crippen LogP contribution >= 0.6 is 0 Å². The molecule has 1 aliphatic carbocycles. The fourth-order valence-corrected chi connectivity index (χ4v) is 3.74. The van der Waals surface area contributed by atoms with E-state index in [0.29, 0.717) is 12.1 Å². The normalized spacial score (nSPS) is 21.9. The predicted molar refractivity (Wildman–Crippen MR) is 111 cm³/mol. The van der Waals surface area contributed by atoms with Crippen LogP contribution < -0.4 is 11.1 Å². The van der Waals surface area contributed by atoms with Crippen LogP contribution in [-0.2, 0) is 16.6 Å². The summed E-state index contributed by atoms with van der Waals surface area (Å²) in [4.78, 5) is 26.0. The molecule has 5 nitrogen and oxygen atoms in total. The number of amides is 2. The largest absolute Gasteiger partial charge is 0.366 e. The maximum Gasteiger partial charge on any atom is 0.248 e. The second kappa shape index (κ2) is 8.15. The van der Waals surface area contributed by atoms with Gasteiger partial charge in [-0.3, -0.25) is 9.59 Å². The Kier molecular flexibility index (Phi) is 5.84. The Labute approximate surface area is 166 Å². The third-order valence-electron chi connectivity index (χ3n) is 5.94. The third-order valence-corrected chi connectivity index (χ3v) is 5.94. The highest BCUT2D eigenvalue weighted by Gasteiger charge is 2.55. The molecule has 2 aromatic rings. The quantitative estimate of drug-likeness (QED) is 0.739. The minimum absolute atomic E-state index is 0.0348. The highest BCUT2D eigenvalue weighted by molar-refractivity contribution is 5.92. The zero-order valence-electron chi connectivity index (χ0n) is 16.8. The Morgan fingerprint density at radius 1 is 1.14 bits per heavy atom. The summed E-state index contributed by atoms with van der Waals surface area (Å²) in [5.41, 5.74) is 8.09. The molecule has 28 heavy (non-hydrogen) atoms. The summed E-state index contributed by atoms with van der Waals surface area (Å²) in [6.45, 7) is 2.75. The Morgan fingerprint density at radius 2 is 1.79 bits per heavy atom. The summed E-state index contributed by atoms with van der Waals surface area (Å²) in [5, 5.41) is 3.15. The van der Waals surface area contributed by atoms with Gasteiger partial charge in [-0.25, -0.2) is 0 Å². The number of nitrogens with one attached hydrogen (secondary N) is 1. The number of nitrogens with zero attached hydrogens (tertiary/aromatic N) is 1. The van der Waals surface area contributed by atoms with Gasteiger partial charge in [0.25, 0.3) is 0 Å². The van der Waals surface area contributed by atoms with Gasteiger partial charge in [0.2, 0.25) is 11.8 Å². The lowest BCUT2D eigenvalue weighted by molar-refractivity contribution is -0.122. The molecule has 5 heteroatoms. The average Bonchev–Trinajstić information content (AvgIpc) is 3.39.